The Bertz CT molecular complexity index is 1100. The Kier molecular flexibility index (Phi) is 5.38. The molecule has 1 aliphatic heterocycles. The Morgan fingerprint density at radius 2 is 2.17 bits per heavy atom. The van der Waals surface area contributed by atoms with Crippen LogP contribution in [0.3, 0.4) is 0 Å². The van der Waals surface area contributed by atoms with Crippen LogP contribution in [0.15, 0.2) is 54.2 Å². The number of hydrogen-bond acceptors (Lipinski definition) is 6. The number of thioether (sulfide) groups is 1. The number of amides is 1. The minimum atomic E-state index is -0.523. The highest BCUT2D eigenvalue weighted by atomic mass is 32.2. The SMILES string of the molecule is C=CCSc1nc([O-])c2[n+](n1)C(c1ccc(C)s1)N(C(=O)CC)c1ccccc1-2. The summed E-state index contributed by atoms with van der Waals surface area (Å²) < 4.78 is 1.67. The summed E-state index contributed by atoms with van der Waals surface area (Å²) in [7, 11) is 0. The van der Waals surface area contributed by atoms with Crippen molar-refractivity contribution in [3.63, 3.8) is 0 Å². The number of carbonyl (C=O) groups excluding carboxylic acids is 1. The summed E-state index contributed by atoms with van der Waals surface area (Å²) in [6.07, 6.45) is 1.56. The van der Waals surface area contributed by atoms with Gasteiger partial charge in [-0.2, -0.15) is 0 Å². The van der Waals surface area contributed by atoms with Gasteiger partial charge in [0.25, 0.3) is 10.9 Å². The molecule has 4 rings (SSSR count). The average molecular weight is 425 g/mol. The van der Waals surface area contributed by atoms with Crippen molar-refractivity contribution in [2.24, 2.45) is 0 Å². The molecular weight excluding hydrogens is 404 g/mol. The van der Waals surface area contributed by atoms with Gasteiger partial charge in [0, 0.05) is 22.1 Å². The first kappa shape index (κ1) is 19.6. The van der Waals surface area contributed by atoms with Crippen molar-refractivity contribution in [3.05, 3.63) is 58.8 Å². The number of rotatable bonds is 5. The van der Waals surface area contributed by atoms with Crippen molar-refractivity contribution >= 4 is 34.7 Å². The fourth-order valence-electron chi connectivity index (χ4n) is 3.42. The molecule has 1 amide bonds. The molecule has 0 saturated heterocycles. The van der Waals surface area contributed by atoms with Crippen LogP contribution in [0.1, 0.15) is 29.3 Å². The standard InChI is InChI=1S/C21H20N4O2S2/c1-4-12-28-21-22-19(27)18-14-8-6-7-9-15(14)24(17(26)5-2)20(25(18)23-21)16-11-10-13(3)29-16/h4,6-11,20H,1,5,12H2,2-3H3. The zero-order chi connectivity index (χ0) is 20.5. The quantitative estimate of drug-likeness (QED) is 0.356. The van der Waals surface area contributed by atoms with E-state index in [2.05, 4.69) is 16.7 Å². The summed E-state index contributed by atoms with van der Waals surface area (Å²) in [5, 5.41) is 18.1. The van der Waals surface area contributed by atoms with Crippen molar-refractivity contribution in [2.45, 2.75) is 31.6 Å². The van der Waals surface area contributed by atoms with Gasteiger partial charge in [0.1, 0.15) is 0 Å². The molecule has 0 N–H and O–H groups in total. The predicted octanol–water partition coefficient (Wildman–Crippen LogP) is 3.46. The van der Waals surface area contributed by atoms with Crippen LogP contribution >= 0.6 is 23.1 Å². The predicted molar refractivity (Wildman–Crippen MR) is 113 cm³/mol. The lowest BCUT2D eigenvalue weighted by Crippen LogP contribution is -2.58. The van der Waals surface area contributed by atoms with Crippen LogP contribution in [0.25, 0.3) is 11.3 Å². The molecule has 0 fully saturated rings. The number of hydrogen-bond donors (Lipinski definition) is 0. The first-order valence-corrected chi connectivity index (χ1v) is 11.1. The molecule has 6 nitrogen and oxygen atoms in total. The van der Waals surface area contributed by atoms with E-state index in [4.69, 9.17) is 0 Å². The van der Waals surface area contributed by atoms with Crippen LogP contribution in [-0.2, 0) is 4.79 Å². The van der Waals surface area contributed by atoms with Crippen molar-refractivity contribution in [2.75, 3.05) is 10.7 Å². The number of thiophene rings is 1. The van der Waals surface area contributed by atoms with Crippen LogP contribution in [0.5, 0.6) is 5.88 Å². The van der Waals surface area contributed by atoms with Gasteiger partial charge in [0.15, 0.2) is 0 Å². The summed E-state index contributed by atoms with van der Waals surface area (Å²) in [6, 6.07) is 11.5. The van der Waals surface area contributed by atoms with E-state index in [1.54, 1.807) is 27.0 Å². The van der Waals surface area contributed by atoms with Gasteiger partial charge < -0.3 is 5.11 Å². The summed E-state index contributed by atoms with van der Waals surface area (Å²) in [5.74, 6) is 0.217. The summed E-state index contributed by atoms with van der Waals surface area (Å²) in [5.41, 5.74) is 1.78. The van der Waals surface area contributed by atoms with E-state index in [9.17, 15) is 9.90 Å². The second-order valence-corrected chi connectivity index (χ2v) is 8.86. The average Bonchev–Trinajstić information content (AvgIpc) is 3.16. The minimum Gasteiger partial charge on any atom is -0.854 e. The second kappa shape index (κ2) is 7.96. The van der Waals surface area contributed by atoms with Gasteiger partial charge in [-0.15, -0.1) is 17.9 Å². The number of carbonyl (C=O) groups is 1. The van der Waals surface area contributed by atoms with Gasteiger partial charge in [-0.05, 0) is 31.2 Å². The monoisotopic (exact) mass is 424 g/mol. The Balaban J connectivity index is 2.01. The fraction of sp³-hybridized carbons (Fsp3) is 0.238. The van der Waals surface area contributed by atoms with Crippen LogP contribution in [0.4, 0.5) is 5.69 Å². The summed E-state index contributed by atoms with van der Waals surface area (Å²) in [6.45, 7) is 7.57. The third-order valence-electron chi connectivity index (χ3n) is 4.63. The van der Waals surface area contributed by atoms with E-state index in [0.29, 0.717) is 34.3 Å². The molecule has 0 bridgehead atoms. The molecule has 1 aliphatic rings. The number of benzene rings is 1. The number of fused-ring (bicyclic) bond motifs is 3. The molecular formula is C21H20N4O2S2. The van der Waals surface area contributed by atoms with E-state index in [-0.39, 0.29) is 11.8 Å². The highest BCUT2D eigenvalue weighted by Crippen LogP contribution is 2.42. The van der Waals surface area contributed by atoms with Crippen LogP contribution in [-0.4, -0.2) is 21.7 Å². The lowest BCUT2D eigenvalue weighted by Gasteiger charge is -2.32. The van der Waals surface area contributed by atoms with Gasteiger partial charge in [0.05, 0.1) is 22.0 Å². The van der Waals surface area contributed by atoms with Crippen LogP contribution in [0, 0.1) is 6.92 Å². The zero-order valence-electron chi connectivity index (χ0n) is 16.2. The first-order valence-electron chi connectivity index (χ1n) is 9.27. The third kappa shape index (κ3) is 3.42. The number of nitrogens with zero attached hydrogens (tertiary/aromatic N) is 4. The highest BCUT2D eigenvalue weighted by molar-refractivity contribution is 7.99. The highest BCUT2D eigenvalue weighted by Gasteiger charge is 2.45. The Hall–Kier alpha value is -2.71. The number of aromatic nitrogens is 3. The molecule has 1 aromatic carbocycles. The molecule has 3 heterocycles. The lowest BCUT2D eigenvalue weighted by molar-refractivity contribution is -0.763. The molecule has 8 heteroatoms. The van der Waals surface area contributed by atoms with E-state index in [0.717, 1.165) is 9.75 Å². The largest absolute Gasteiger partial charge is 0.854 e. The van der Waals surface area contributed by atoms with Crippen LogP contribution < -0.4 is 14.7 Å². The molecule has 3 aromatic rings. The maximum atomic E-state index is 13.0. The molecule has 1 unspecified atom stereocenters. The van der Waals surface area contributed by atoms with Gasteiger partial charge in [-0.3, -0.25) is 4.79 Å². The minimum absolute atomic E-state index is 0.0296. The topological polar surface area (TPSA) is 73.0 Å². The first-order chi connectivity index (χ1) is 14.0. The number of aryl methyl sites for hydroxylation is 1. The van der Waals surface area contributed by atoms with E-state index >= 15 is 0 Å². The van der Waals surface area contributed by atoms with Gasteiger partial charge in [-0.25, -0.2) is 9.88 Å². The zero-order valence-corrected chi connectivity index (χ0v) is 17.8. The van der Waals surface area contributed by atoms with Crippen molar-refractivity contribution < 1.29 is 14.6 Å². The lowest BCUT2D eigenvalue weighted by atomic mass is 10.0. The molecule has 0 spiro atoms. The normalized spacial score (nSPS) is 15.0. The third-order valence-corrected chi connectivity index (χ3v) is 6.51. The number of para-hydroxylation sites is 1. The molecule has 0 aliphatic carbocycles. The maximum absolute atomic E-state index is 13.0. The Morgan fingerprint density at radius 3 is 2.86 bits per heavy atom. The van der Waals surface area contributed by atoms with Gasteiger partial charge >= 0.3 is 6.17 Å². The fourth-order valence-corrected chi connectivity index (χ4v) is 4.93. The summed E-state index contributed by atoms with van der Waals surface area (Å²) in [4.78, 5) is 21.0. The van der Waals surface area contributed by atoms with Gasteiger partial charge in [0.2, 0.25) is 5.91 Å². The van der Waals surface area contributed by atoms with E-state index < -0.39 is 6.17 Å². The Labute approximate surface area is 177 Å². The molecule has 0 radical (unpaired) electrons. The maximum Gasteiger partial charge on any atom is 0.302 e. The van der Waals surface area contributed by atoms with Crippen molar-refractivity contribution in [3.8, 4) is 17.1 Å². The van der Waals surface area contributed by atoms with Crippen molar-refractivity contribution in [1.29, 1.82) is 0 Å². The van der Waals surface area contributed by atoms with Gasteiger partial charge in [-0.1, -0.05) is 41.6 Å². The second-order valence-electron chi connectivity index (χ2n) is 6.55. The van der Waals surface area contributed by atoms with E-state index in [1.165, 1.54) is 11.8 Å². The smallest absolute Gasteiger partial charge is 0.302 e. The number of anilines is 1. The summed E-state index contributed by atoms with van der Waals surface area (Å²) >= 11 is 2.94. The Morgan fingerprint density at radius 1 is 1.38 bits per heavy atom. The molecule has 0 saturated carbocycles. The van der Waals surface area contributed by atoms with Crippen molar-refractivity contribution in [1.82, 2.24) is 10.1 Å². The molecule has 148 valence electrons. The van der Waals surface area contributed by atoms with Crippen LogP contribution in [0.2, 0.25) is 0 Å². The van der Waals surface area contributed by atoms with E-state index in [1.807, 2.05) is 50.2 Å². The molecule has 1 atom stereocenters. The molecule has 29 heavy (non-hydrogen) atoms. The molecule has 2 aromatic heterocycles.